The molecule has 17 heavy (non-hydrogen) atoms. The molecule has 5 heteroatoms. The Bertz CT molecular complexity index is 266. The summed E-state index contributed by atoms with van der Waals surface area (Å²) in [6.07, 6.45) is 0.601. The molecule has 2 heterocycles. The summed E-state index contributed by atoms with van der Waals surface area (Å²) in [7, 11) is 0. The average molecular weight is 241 g/mol. The van der Waals surface area contributed by atoms with Crippen LogP contribution in [0.5, 0.6) is 0 Å². The Morgan fingerprint density at radius 1 is 1.35 bits per heavy atom. The standard InChI is InChI=1S/C12H23N3O2/c1-10-8-12(16)15(9-11(10)13)3-2-14-4-6-17-7-5-14/h10-11H,2-9,13H2,1H3. The van der Waals surface area contributed by atoms with Gasteiger partial charge in [-0.2, -0.15) is 0 Å². The van der Waals surface area contributed by atoms with Crippen molar-refractivity contribution >= 4 is 5.91 Å². The Hall–Kier alpha value is -0.650. The number of nitrogens with two attached hydrogens (primary N) is 1. The second kappa shape index (κ2) is 5.80. The minimum Gasteiger partial charge on any atom is -0.379 e. The molecule has 98 valence electrons. The monoisotopic (exact) mass is 241 g/mol. The number of nitrogens with zero attached hydrogens (tertiary/aromatic N) is 2. The van der Waals surface area contributed by atoms with Gasteiger partial charge in [0.15, 0.2) is 0 Å². The summed E-state index contributed by atoms with van der Waals surface area (Å²) in [5.74, 6) is 0.578. The van der Waals surface area contributed by atoms with Gasteiger partial charge in [0.1, 0.15) is 0 Å². The predicted octanol–water partition coefficient (Wildman–Crippen LogP) is -0.486. The van der Waals surface area contributed by atoms with Crippen LogP contribution in [0.2, 0.25) is 0 Å². The molecule has 2 aliphatic heterocycles. The lowest BCUT2D eigenvalue weighted by Crippen LogP contribution is -2.52. The molecular weight excluding hydrogens is 218 g/mol. The maximum atomic E-state index is 11.9. The van der Waals surface area contributed by atoms with Gasteiger partial charge < -0.3 is 15.4 Å². The topological polar surface area (TPSA) is 58.8 Å². The van der Waals surface area contributed by atoms with E-state index in [1.165, 1.54) is 0 Å². The molecule has 0 aromatic rings. The SMILES string of the molecule is CC1CC(=O)N(CCN2CCOCC2)CC1N. The minimum absolute atomic E-state index is 0.136. The molecule has 2 rings (SSSR count). The summed E-state index contributed by atoms with van der Waals surface area (Å²) in [4.78, 5) is 16.1. The summed E-state index contributed by atoms with van der Waals surface area (Å²) in [5.41, 5.74) is 6.01. The zero-order valence-electron chi connectivity index (χ0n) is 10.6. The van der Waals surface area contributed by atoms with Crippen LogP contribution in [-0.2, 0) is 9.53 Å². The number of rotatable bonds is 3. The van der Waals surface area contributed by atoms with Crippen molar-refractivity contribution in [2.24, 2.45) is 11.7 Å². The first-order valence-corrected chi connectivity index (χ1v) is 6.50. The summed E-state index contributed by atoms with van der Waals surface area (Å²) >= 11 is 0. The molecule has 2 fully saturated rings. The van der Waals surface area contributed by atoms with Crippen LogP contribution in [0, 0.1) is 5.92 Å². The fourth-order valence-electron chi connectivity index (χ4n) is 2.40. The van der Waals surface area contributed by atoms with E-state index in [0.717, 1.165) is 39.4 Å². The Morgan fingerprint density at radius 3 is 2.76 bits per heavy atom. The van der Waals surface area contributed by atoms with E-state index in [9.17, 15) is 4.79 Å². The van der Waals surface area contributed by atoms with Crippen LogP contribution in [0.3, 0.4) is 0 Å². The zero-order chi connectivity index (χ0) is 12.3. The lowest BCUT2D eigenvalue weighted by atomic mass is 9.94. The Kier molecular flexibility index (Phi) is 4.36. The maximum Gasteiger partial charge on any atom is 0.222 e. The summed E-state index contributed by atoms with van der Waals surface area (Å²) in [6, 6.07) is 0.136. The van der Waals surface area contributed by atoms with Gasteiger partial charge in [0.05, 0.1) is 13.2 Å². The first kappa shape index (κ1) is 12.8. The molecule has 2 unspecified atom stereocenters. The number of ether oxygens (including phenoxy) is 1. The van der Waals surface area contributed by atoms with E-state index in [-0.39, 0.29) is 11.9 Å². The lowest BCUT2D eigenvalue weighted by Gasteiger charge is -2.36. The fraction of sp³-hybridized carbons (Fsp3) is 0.917. The highest BCUT2D eigenvalue weighted by molar-refractivity contribution is 5.77. The molecule has 0 aliphatic carbocycles. The van der Waals surface area contributed by atoms with Gasteiger partial charge in [-0.05, 0) is 5.92 Å². The average Bonchev–Trinajstić information content (AvgIpc) is 2.33. The van der Waals surface area contributed by atoms with Crippen LogP contribution in [0.4, 0.5) is 0 Å². The molecule has 0 saturated carbocycles. The molecule has 2 aliphatic rings. The molecule has 0 aromatic carbocycles. The van der Waals surface area contributed by atoms with Gasteiger partial charge in [0.2, 0.25) is 5.91 Å². The predicted molar refractivity (Wildman–Crippen MR) is 65.6 cm³/mol. The lowest BCUT2D eigenvalue weighted by molar-refractivity contribution is -0.135. The highest BCUT2D eigenvalue weighted by Crippen LogP contribution is 2.16. The molecule has 1 amide bonds. The van der Waals surface area contributed by atoms with Crippen LogP contribution in [-0.4, -0.2) is 67.7 Å². The molecule has 5 nitrogen and oxygen atoms in total. The third-order valence-corrected chi connectivity index (χ3v) is 3.80. The highest BCUT2D eigenvalue weighted by Gasteiger charge is 2.29. The molecule has 0 spiro atoms. The van der Waals surface area contributed by atoms with Crippen molar-refractivity contribution in [3.63, 3.8) is 0 Å². The van der Waals surface area contributed by atoms with E-state index < -0.39 is 0 Å². The molecule has 2 atom stereocenters. The van der Waals surface area contributed by atoms with Crippen LogP contribution in [0.25, 0.3) is 0 Å². The van der Waals surface area contributed by atoms with Gasteiger partial charge in [-0.15, -0.1) is 0 Å². The van der Waals surface area contributed by atoms with Crippen molar-refractivity contribution < 1.29 is 9.53 Å². The number of carbonyl (C=O) groups is 1. The maximum absolute atomic E-state index is 11.9. The number of hydrogen-bond acceptors (Lipinski definition) is 4. The molecule has 0 bridgehead atoms. The first-order valence-electron chi connectivity index (χ1n) is 6.50. The Morgan fingerprint density at radius 2 is 2.06 bits per heavy atom. The van der Waals surface area contributed by atoms with Crippen molar-refractivity contribution in [2.75, 3.05) is 45.9 Å². The summed E-state index contributed by atoms with van der Waals surface area (Å²) in [5, 5.41) is 0. The normalized spacial score (nSPS) is 31.9. The highest BCUT2D eigenvalue weighted by atomic mass is 16.5. The van der Waals surface area contributed by atoms with Crippen molar-refractivity contribution in [2.45, 2.75) is 19.4 Å². The number of carbonyl (C=O) groups excluding carboxylic acids is 1. The summed E-state index contributed by atoms with van der Waals surface area (Å²) in [6.45, 7) is 8.09. The van der Waals surface area contributed by atoms with Crippen molar-refractivity contribution in [3.8, 4) is 0 Å². The second-order valence-corrected chi connectivity index (χ2v) is 5.14. The molecular formula is C12H23N3O2. The second-order valence-electron chi connectivity index (χ2n) is 5.14. The van der Waals surface area contributed by atoms with Gasteiger partial charge in [0.25, 0.3) is 0 Å². The first-order chi connectivity index (χ1) is 8.16. The van der Waals surface area contributed by atoms with Crippen molar-refractivity contribution in [3.05, 3.63) is 0 Å². The largest absolute Gasteiger partial charge is 0.379 e. The molecule has 0 aromatic heterocycles. The third kappa shape index (κ3) is 3.40. The minimum atomic E-state index is 0.136. The molecule has 0 radical (unpaired) electrons. The van der Waals surface area contributed by atoms with Crippen LogP contribution in [0.15, 0.2) is 0 Å². The fourth-order valence-corrected chi connectivity index (χ4v) is 2.40. The van der Waals surface area contributed by atoms with E-state index in [4.69, 9.17) is 10.5 Å². The van der Waals surface area contributed by atoms with E-state index in [2.05, 4.69) is 11.8 Å². The van der Waals surface area contributed by atoms with Gasteiger partial charge in [0, 0.05) is 45.2 Å². The zero-order valence-corrected chi connectivity index (χ0v) is 10.6. The Labute approximate surface area is 103 Å². The van der Waals surface area contributed by atoms with Crippen molar-refractivity contribution in [1.82, 2.24) is 9.80 Å². The third-order valence-electron chi connectivity index (χ3n) is 3.80. The van der Waals surface area contributed by atoms with Crippen molar-refractivity contribution in [1.29, 1.82) is 0 Å². The Balaban J connectivity index is 1.76. The van der Waals surface area contributed by atoms with E-state index in [0.29, 0.717) is 18.9 Å². The van der Waals surface area contributed by atoms with Crippen LogP contribution in [0.1, 0.15) is 13.3 Å². The number of amides is 1. The van der Waals surface area contributed by atoms with Gasteiger partial charge in [-0.3, -0.25) is 9.69 Å². The number of hydrogen-bond donors (Lipinski definition) is 1. The number of piperidine rings is 1. The summed E-state index contributed by atoms with van der Waals surface area (Å²) < 4.78 is 5.30. The quantitative estimate of drug-likeness (QED) is 0.724. The number of likely N-dealkylation sites (tertiary alicyclic amines) is 1. The van der Waals surface area contributed by atoms with Gasteiger partial charge in [-0.25, -0.2) is 0 Å². The molecule has 2 N–H and O–H groups in total. The van der Waals surface area contributed by atoms with Gasteiger partial charge in [-0.1, -0.05) is 6.92 Å². The van der Waals surface area contributed by atoms with Gasteiger partial charge >= 0.3 is 0 Å². The molecule has 2 saturated heterocycles. The van der Waals surface area contributed by atoms with E-state index >= 15 is 0 Å². The van der Waals surface area contributed by atoms with E-state index in [1.54, 1.807) is 0 Å². The van der Waals surface area contributed by atoms with E-state index in [1.807, 2.05) is 4.90 Å². The smallest absolute Gasteiger partial charge is 0.222 e. The number of morpholine rings is 1. The van der Waals surface area contributed by atoms with Crippen LogP contribution >= 0.6 is 0 Å². The van der Waals surface area contributed by atoms with Crippen LogP contribution < -0.4 is 5.73 Å².